The lowest BCUT2D eigenvalue weighted by Crippen LogP contribution is -2.35. The van der Waals surface area contributed by atoms with Gasteiger partial charge in [-0.25, -0.2) is 13.1 Å². The Morgan fingerprint density at radius 1 is 1.15 bits per heavy atom. The molecule has 0 heterocycles. The molecule has 1 amide bonds. The minimum atomic E-state index is -3.20. The first-order valence-corrected chi connectivity index (χ1v) is 8.04. The van der Waals surface area contributed by atoms with Crippen LogP contribution in [0.15, 0.2) is 24.3 Å². The quantitative estimate of drug-likeness (QED) is 0.715. The van der Waals surface area contributed by atoms with Crippen molar-refractivity contribution in [1.29, 1.82) is 0 Å². The number of nitrogens with one attached hydrogen (secondary N) is 2. The first-order chi connectivity index (χ1) is 9.35. The topological polar surface area (TPSA) is 78.5 Å². The van der Waals surface area contributed by atoms with Gasteiger partial charge in [-0.3, -0.25) is 4.79 Å². The highest BCUT2D eigenvalue weighted by Crippen LogP contribution is 2.11. The van der Waals surface area contributed by atoms with Crippen molar-refractivity contribution in [2.45, 2.75) is 6.92 Å². The molecule has 0 unspecified atom stereocenters. The predicted octanol–water partition coefficient (Wildman–Crippen LogP) is 0.422. The molecule has 20 heavy (non-hydrogen) atoms. The van der Waals surface area contributed by atoms with Crippen molar-refractivity contribution in [2.24, 2.45) is 0 Å². The van der Waals surface area contributed by atoms with E-state index in [0.29, 0.717) is 5.56 Å². The number of sulfonamides is 1. The number of carbonyl (C=O) groups excluding carboxylic acids is 1. The molecule has 0 fully saturated rings. The fourth-order valence-electron chi connectivity index (χ4n) is 1.50. The number of amides is 1. The minimum absolute atomic E-state index is 0.0347. The fourth-order valence-corrected chi connectivity index (χ4v) is 2.11. The van der Waals surface area contributed by atoms with E-state index in [1.165, 1.54) is 0 Å². The predicted molar refractivity (Wildman–Crippen MR) is 80.6 cm³/mol. The summed E-state index contributed by atoms with van der Waals surface area (Å²) in [6.45, 7) is 2.01. The highest BCUT2D eigenvalue weighted by molar-refractivity contribution is 7.89. The molecule has 0 atom stereocenters. The highest BCUT2D eigenvalue weighted by Gasteiger charge is 2.07. The second kappa shape index (κ2) is 7.25. The van der Waals surface area contributed by atoms with Gasteiger partial charge in [0.1, 0.15) is 0 Å². The zero-order valence-corrected chi connectivity index (χ0v) is 12.8. The smallest absolute Gasteiger partial charge is 0.251 e. The Kier molecular flexibility index (Phi) is 5.97. The molecule has 6 nitrogen and oxygen atoms in total. The van der Waals surface area contributed by atoms with Gasteiger partial charge >= 0.3 is 0 Å². The second-order valence-electron chi connectivity index (χ2n) is 4.49. The summed E-state index contributed by atoms with van der Waals surface area (Å²) in [5.41, 5.74) is 1.56. The van der Waals surface area contributed by atoms with Crippen molar-refractivity contribution in [1.82, 2.24) is 10.0 Å². The lowest BCUT2D eigenvalue weighted by atomic mass is 10.2. The summed E-state index contributed by atoms with van der Waals surface area (Å²) >= 11 is 0. The van der Waals surface area contributed by atoms with Crippen LogP contribution >= 0.6 is 0 Å². The van der Waals surface area contributed by atoms with Crippen molar-refractivity contribution >= 4 is 21.6 Å². The third-order valence-electron chi connectivity index (χ3n) is 2.76. The van der Waals surface area contributed by atoms with E-state index in [1.807, 2.05) is 31.1 Å². The van der Waals surface area contributed by atoms with E-state index in [2.05, 4.69) is 10.0 Å². The molecule has 0 saturated heterocycles. The second-order valence-corrected chi connectivity index (χ2v) is 6.59. The van der Waals surface area contributed by atoms with Gasteiger partial charge in [-0.2, -0.15) is 0 Å². The number of benzene rings is 1. The molecule has 112 valence electrons. The van der Waals surface area contributed by atoms with E-state index in [1.54, 1.807) is 19.1 Å². The van der Waals surface area contributed by atoms with Gasteiger partial charge < -0.3 is 10.2 Å². The van der Waals surface area contributed by atoms with Gasteiger partial charge in [-0.1, -0.05) is 0 Å². The number of carbonyl (C=O) groups is 1. The number of nitrogens with zero attached hydrogens (tertiary/aromatic N) is 1. The average molecular weight is 299 g/mol. The minimum Gasteiger partial charge on any atom is -0.378 e. The number of hydrogen-bond acceptors (Lipinski definition) is 4. The lowest BCUT2D eigenvalue weighted by molar-refractivity contribution is 0.0954. The van der Waals surface area contributed by atoms with Crippen LogP contribution in [0.2, 0.25) is 0 Å². The summed E-state index contributed by atoms with van der Waals surface area (Å²) in [5.74, 6) is -0.182. The maximum Gasteiger partial charge on any atom is 0.251 e. The molecule has 0 aliphatic rings. The van der Waals surface area contributed by atoms with Gasteiger partial charge in [-0.05, 0) is 31.2 Å². The first-order valence-electron chi connectivity index (χ1n) is 6.38. The van der Waals surface area contributed by atoms with Crippen LogP contribution in [0.4, 0.5) is 5.69 Å². The molecule has 0 aliphatic carbocycles. The Labute approximate surface area is 120 Å². The van der Waals surface area contributed by atoms with Crippen molar-refractivity contribution in [2.75, 3.05) is 37.8 Å². The Bertz CT molecular complexity index is 538. The van der Waals surface area contributed by atoms with Crippen LogP contribution in [-0.2, 0) is 10.0 Å². The molecule has 0 spiro atoms. The van der Waals surface area contributed by atoms with Crippen LogP contribution < -0.4 is 14.9 Å². The van der Waals surface area contributed by atoms with E-state index in [-0.39, 0.29) is 24.7 Å². The lowest BCUT2D eigenvalue weighted by Gasteiger charge is -2.12. The Morgan fingerprint density at radius 3 is 2.25 bits per heavy atom. The van der Waals surface area contributed by atoms with E-state index < -0.39 is 10.0 Å². The molecule has 2 N–H and O–H groups in total. The Hall–Kier alpha value is -1.60. The molecule has 1 rings (SSSR count). The maximum absolute atomic E-state index is 11.8. The molecule has 1 aromatic carbocycles. The molecule has 1 aromatic rings. The normalized spacial score (nSPS) is 11.2. The van der Waals surface area contributed by atoms with Gasteiger partial charge in [0, 0.05) is 38.4 Å². The van der Waals surface area contributed by atoms with Crippen molar-refractivity contribution < 1.29 is 13.2 Å². The summed E-state index contributed by atoms with van der Waals surface area (Å²) in [6, 6.07) is 7.19. The van der Waals surface area contributed by atoms with E-state index in [4.69, 9.17) is 0 Å². The molecular formula is C13H21N3O3S. The summed E-state index contributed by atoms with van der Waals surface area (Å²) in [6.07, 6.45) is 0. The van der Waals surface area contributed by atoms with Crippen LogP contribution in [0.25, 0.3) is 0 Å². The van der Waals surface area contributed by atoms with Crippen molar-refractivity contribution in [3.63, 3.8) is 0 Å². The summed E-state index contributed by atoms with van der Waals surface area (Å²) in [7, 11) is 0.647. The molecular weight excluding hydrogens is 278 g/mol. The molecule has 0 aliphatic heterocycles. The van der Waals surface area contributed by atoms with Gasteiger partial charge in [0.05, 0.1) is 5.75 Å². The maximum atomic E-state index is 11.8. The summed E-state index contributed by atoms with van der Waals surface area (Å²) in [4.78, 5) is 13.8. The monoisotopic (exact) mass is 299 g/mol. The summed E-state index contributed by atoms with van der Waals surface area (Å²) in [5, 5.41) is 2.66. The Morgan fingerprint density at radius 2 is 1.75 bits per heavy atom. The first kappa shape index (κ1) is 16.5. The largest absolute Gasteiger partial charge is 0.378 e. The Balaban J connectivity index is 2.43. The van der Waals surface area contributed by atoms with Gasteiger partial charge in [-0.15, -0.1) is 0 Å². The van der Waals surface area contributed by atoms with Gasteiger partial charge in [0.25, 0.3) is 5.91 Å². The van der Waals surface area contributed by atoms with Crippen molar-refractivity contribution in [3.05, 3.63) is 29.8 Å². The van der Waals surface area contributed by atoms with E-state index in [9.17, 15) is 13.2 Å². The highest BCUT2D eigenvalue weighted by atomic mass is 32.2. The van der Waals surface area contributed by atoms with Crippen LogP contribution in [0.3, 0.4) is 0 Å². The van der Waals surface area contributed by atoms with Crippen molar-refractivity contribution in [3.8, 4) is 0 Å². The standard InChI is InChI=1S/C13H21N3O3S/c1-4-20(18,19)15-10-9-14-13(17)11-5-7-12(8-6-11)16(2)3/h5-8,15H,4,9-10H2,1-3H3,(H,14,17). The zero-order chi connectivity index (χ0) is 15.2. The van der Waals surface area contributed by atoms with Crippen LogP contribution in [0.5, 0.6) is 0 Å². The number of anilines is 1. The number of hydrogen-bond donors (Lipinski definition) is 2. The molecule has 0 aromatic heterocycles. The van der Waals surface area contributed by atoms with Crippen LogP contribution in [0.1, 0.15) is 17.3 Å². The average Bonchev–Trinajstić information content (AvgIpc) is 2.43. The zero-order valence-electron chi connectivity index (χ0n) is 12.0. The molecule has 0 bridgehead atoms. The van der Waals surface area contributed by atoms with Crippen LogP contribution in [-0.4, -0.2) is 47.3 Å². The van der Waals surface area contributed by atoms with Crippen LogP contribution in [0, 0.1) is 0 Å². The van der Waals surface area contributed by atoms with E-state index in [0.717, 1.165) is 5.69 Å². The van der Waals surface area contributed by atoms with E-state index >= 15 is 0 Å². The third-order valence-corrected chi connectivity index (χ3v) is 4.16. The SMILES string of the molecule is CCS(=O)(=O)NCCNC(=O)c1ccc(N(C)C)cc1. The molecule has 0 radical (unpaired) electrons. The third kappa shape index (κ3) is 5.18. The molecule has 7 heteroatoms. The fraction of sp³-hybridized carbons (Fsp3) is 0.462. The molecule has 0 saturated carbocycles. The number of rotatable bonds is 7. The summed E-state index contributed by atoms with van der Waals surface area (Å²) < 4.78 is 24.8. The van der Waals surface area contributed by atoms with Gasteiger partial charge in [0.2, 0.25) is 10.0 Å². The van der Waals surface area contributed by atoms with Gasteiger partial charge in [0.15, 0.2) is 0 Å².